The van der Waals surface area contributed by atoms with Gasteiger partial charge in [0.25, 0.3) is 0 Å². The van der Waals surface area contributed by atoms with Crippen LogP contribution in [0.1, 0.15) is 32.0 Å². The lowest BCUT2D eigenvalue weighted by Crippen LogP contribution is -2.17. The number of hydrogen-bond acceptors (Lipinski definition) is 2. The lowest BCUT2D eigenvalue weighted by atomic mass is 9.92. The first-order valence-corrected chi connectivity index (χ1v) is 8.03. The summed E-state index contributed by atoms with van der Waals surface area (Å²) in [5.41, 5.74) is 2.87. The molecule has 0 fully saturated rings. The number of nitrogens with zero attached hydrogens (tertiary/aromatic N) is 2. The van der Waals surface area contributed by atoms with Crippen molar-refractivity contribution in [1.29, 1.82) is 0 Å². The minimum absolute atomic E-state index is 0.0851. The first-order valence-electron chi connectivity index (χ1n) is 6.20. The van der Waals surface area contributed by atoms with Crippen LogP contribution in [-0.2, 0) is 5.41 Å². The molecule has 0 N–H and O–H groups in total. The van der Waals surface area contributed by atoms with Crippen molar-refractivity contribution in [1.82, 2.24) is 9.97 Å². The molecule has 0 aliphatic heterocycles. The average Bonchev–Trinajstić information content (AvgIpc) is 2.31. The molecule has 0 aliphatic rings. The fourth-order valence-electron chi connectivity index (χ4n) is 1.92. The van der Waals surface area contributed by atoms with Gasteiger partial charge in [0.2, 0.25) is 0 Å². The molecule has 2 nitrogen and oxygen atoms in total. The molecule has 106 valence electrons. The van der Waals surface area contributed by atoms with Gasteiger partial charge in [0, 0.05) is 16.0 Å². The predicted molar refractivity (Wildman–Crippen MR) is 93.6 cm³/mol. The van der Waals surface area contributed by atoms with Gasteiger partial charge in [-0.15, -0.1) is 0 Å². The predicted octanol–water partition coefficient (Wildman–Crippen LogP) is 5.66. The first-order chi connectivity index (χ1) is 9.20. The van der Waals surface area contributed by atoms with Gasteiger partial charge in [-0.05, 0) is 53.3 Å². The Kier molecular flexibility index (Phi) is 4.62. The summed E-state index contributed by atoms with van der Waals surface area (Å²) in [4.78, 5) is 9.13. The summed E-state index contributed by atoms with van der Waals surface area (Å²) < 4.78 is 0.909. The van der Waals surface area contributed by atoms with Crippen molar-refractivity contribution < 1.29 is 0 Å². The van der Waals surface area contributed by atoms with Crippen LogP contribution in [-0.4, -0.2) is 9.97 Å². The Hall–Kier alpha value is -0.390. The molecule has 0 spiro atoms. The molecule has 1 aromatic carbocycles. The number of rotatable bonds is 1. The highest BCUT2D eigenvalue weighted by atomic mass is 127. The van der Waals surface area contributed by atoms with Gasteiger partial charge in [-0.1, -0.05) is 44.0 Å². The monoisotopic (exact) mass is 420 g/mol. The molecule has 0 aliphatic carbocycles. The van der Waals surface area contributed by atoms with Gasteiger partial charge in [-0.2, -0.15) is 0 Å². The van der Waals surface area contributed by atoms with Crippen LogP contribution in [0.5, 0.6) is 0 Å². The zero-order valence-corrected chi connectivity index (χ0v) is 15.4. The van der Waals surface area contributed by atoms with Gasteiger partial charge < -0.3 is 0 Å². The van der Waals surface area contributed by atoms with E-state index in [4.69, 9.17) is 28.2 Å². The number of halogens is 3. The summed E-state index contributed by atoms with van der Waals surface area (Å²) in [5.74, 6) is 0.648. The maximum Gasteiger partial charge on any atom is 0.161 e. The second-order valence-electron chi connectivity index (χ2n) is 5.71. The highest BCUT2D eigenvalue weighted by Crippen LogP contribution is 2.32. The summed E-state index contributed by atoms with van der Waals surface area (Å²) in [7, 11) is 0. The van der Waals surface area contributed by atoms with Crippen LogP contribution in [0.4, 0.5) is 0 Å². The van der Waals surface area contributed by atoms with E-state index in [0.29, 0.717) is 16.0 Å². The number of aryl methyl sites for hydroxylation is 1. The van der Waals surface area contributed by atoms with E-state index in [1.165, 1.54) is 0 Å². The van der Waals surface area contributed by atoms with Crippen LogP contribution in [0.3, 0.4) is 0 Å². The van der Waals surface area contributed by atoms with Gasteiger partial charge in [-0.3, -0.25) is 0 Å². The quantitative estimate of drug-likeness (QED) is 0.439. The molecule has 0 saturated carbocycles. The Morgan fingerprint density at radius 3 is 2.30 bits per heavy atom. The Balaban J connectivity index is 2.67. The van der Waals surface area contributed by atoms with E-state index in [9.17, 15) is 0 Å². The van der Waals surface area contributed by atoms with Crippen LogP contribution >= 0.6 is 45.8 Å². The van der Waals surface area contributed by atoms with E-state index < -0.39 is 0 Å². The topological polar surface area (TPSA) is 25.8 Å². The average molecular weight is 421 g/mol. The lowest BCUT2D eigenvalue weighted by Gasteiger charge is -2.21. The minimum atomic E-state index is -0.0851. The van der Waals surface area contributed by atoms with Crippen LogP contribution in [0.15, 0.2) is 18.2 Å². The number of hydrogen-bond donors (Lipinski definition) is 0. The smallest absolute Gasteiger partial charge is 0.161 e. The van der Waals surface area contributed by atoms with Gasteiger partial charge >= 0.3 is 0 Å². The van der Waals surface area contributed by atoms with Crippen LogP contribution in [0, 0.1) is 10.5 Å². The molecule has 2 rings (SSSR count). The number of benzene rings is 1. The van der Waals surface area contributed by atoms with Gasteiger partial charge in [0.05, 0.1) is 9.26 Å². The largest absolute Gasteiger partial charge is 0.231 e. The zero-order chi connectivity index (χ0) is 15.1. The van der Waals surface area contributed by atoms with E-state index in [0.717, 1.165) is 20.4 Å². The van der Waals surface area contributed by atoms with Crippen molar-refractivity contribution in [2.45, 2.75) is 33.1 Å². The van der Waals surface area contributed by atoms with E-state index in [1.54, 1.807) is 0 Å². The standard InChI is InChI=1S/C15H15Cl2IN2/c1-8-7-9(16)5-6-10(8)14-19-12(15(2,3)4)11(18)13(17)20-14/h5-7H,1-4H3. The molecule has 20 heavy (non-hydrogen) atoms. The van der Waals surface area contributed by atoms with E-state index in [2.05, 4.69) is 48.3 Å². The molecular weight excluding hydrogens is 406 g/mol. The van der Waals surface area contributed by atoms with Crippen LogP contribution < -0.4 is 0 Å². The fourth-order valence-corrected chi connectivity index (χ4v) is 3.36. The molecule has 0 atom stereocenters. The summed E-state index contributed by atoms with van der Waals surface area (Å²) in [6.45, 7) is 8.35. The van der Waals surface area contributed by atoms with Crippen molar-refractivity contribution in [3.05, 3.63) is 43.2 Å². The van der Waals surface area contributed by atoms with E-state index in [1.807, 2.05) is 25.1 Å². The van der Waals surface area contributed by atoms with Crippen molar-refractivity contribution in [2.24, 2.45) is 0 Å². The van der Waals surface area contributed by atoms with Crippen LogP contribution in [0.25, 0.3) is 11.4 Å². The lowest BCUT2D eigenvalue weighted by molar-refractivity contribution is 0.563. The van der Waals surface area contributed by atoms with Gasteiger partial charge in [0.1, 0.15) is 5.15 Å². The normalized spacial score (nSPS) is 11.8. The van der Waals surface area contributed by atoms with Gasteiger partial charge in [-0.25, -0.2) is 9.97 Å². The van der Waals surface area contributed by atoms with Crippen molar-refractivity contribution in [3.8, 4) is 11.4 Å². The molecule has 1 heterocycles. The third kappa shape index (κ3) is 3.26. The van der Waals surface area contributed by atoms with Crippen LogP contribution in [0.2, 0.25) is 10.2 Å². The Morgan fingerprint density at radius 2 is 1.75 bits per heavy atom. The Labute approximate surface area is 143 Å². The molecule has 0 unspecified atom stereocenters. The highest BCUT2D eigenvalue weighted by Gasteiger charge is 2.23. The Bertz CT molecular complexity index is 664. The van der Waals surface area contributed by atoms with E-state index >= 15 is 0 Å². The summed E-state index contributed by atoms with van der Waals surface area (Å²) in [5, 5.41) is 1.20. The molecule has 0 amide bonds. The third-order valence-corrected chi connectivity index (χ3v) is 4.80. The first kappa shape index (κ1) is 16.0. The second kappa shape index (κ2) is 5.78. The molecule has 0 bridgehead atoms. The summed E-state index contributed by atoms with van der Waals surface area (Å²) in [6.07, 6.45) is 0. The SMILES string of the molecule is Cc1cc(Cl)ccc1-c1nc(Cl)c(I)c(C(C)(C)C)n1. The number of aromatic nitrogens is 2. The summed E-state index contributed by atoms with van der Waals surface area (Å²) >= 11 is 14.5. The van der Waals surface area contributed by atoms with Crippen molar-refractivity contribution in [2.75, 3.05) is 0 Å². The molecule has 0 radical (unpaired) electrons. The second-order valence-corrected chi connectivity index (χ2v) is 7.58. The molecule has 1 aromatic heterocycles. The molecular formula is C15H15Cl2IN2. The summed E-state index contributed by atoms with van der Waals surface area (Å²) in [6, 6.07) is 5.68. The van der Waals surface area contributed by atoms with E-state index in [-0.39, 0.29) is 5.41 Å². The minimum Gasteiger partial charge on any atom is -0.231 e. The van der Waals surface area contributed by atoms with Crippen molar-refractivity contribution >= 4 is 45.8 Å². The molecule has 0 saturated heterocycles. The highest BCUT2D eigenvalue weighted by molar-refractivity contribution is 14.1. The Morgan fingerprint density at radius 1 is 1.10 bits per heavy atom. The maximum atomic E-state index is 6.27. The fraction of sp³-hybridized carbons (Fsp3) is 0.333. The zero-order valence-electron chi connectivity index (χ0n) is 11.8. The van der Waals surface area contributed by atoms with Gasteiger partial charge in [0.15, 0.2) is 5.82 Å². The molecule has 5 heteroatoms. The molecule has 2 aromatic rings. The maximum absolute atomic E-state index is 6.27. The van der Waals surface area contributed by atoms with Crippen molar-refractivity contribution in [3.63, 3.8) is 0 Å². The third-order valence-electron chi connectivity index (χ3n) is 2.95.